The van der Waals surface area contributed by atoms with Crippen molar-refractivity contribution in [1.82, 2.24) is 4.90 Å². The van der Waals surface area contributed by atoms with E-state index in [-0.39, 0.29) is 29.7 Å². The molecule has 1 N–H and O–H groups in total. The Labute approximate surface area is 128 Å². The normalized spacial score (nSPS) is 14.1. The van der Waals surface area contributed by atoms with Gasteiger partial charge in [-0.05, 0) is 36.6 Å². The van der Waals surface area contributed by atoms with Crippen LogP contribution in [0.25, 0.3) is 0 Å². The minimum absolute atomic E-state index is 0.0405. The standard InChI is InChI=1S/C16H19NO5/c1-21-13-10-11(9-12(18)16(13)22-2)6-7-15(20)17-8-4-3-5-14(17)19/h3,5,9-10,18H,4,6-8H2,1-2H3. The lowest BCUT2D eigenvalue weighted by atomic mass is 10.1. The van der Waals surface area contributed by atoms with Gasteiger partial charge in [0.15, 0.2) is 11.5 Å². The lowest BCUT2D eigenvalue weighted by molar-refractivity contribution is -0.142. The molecular weight excluding hydrogens is 286 g/mol. The summed E-state index contributed by atoms with van der Waals surface area (Å²) < 4.78 is 10.2. The van der Waals surface area contributed by atoms with Crippen LogP contribution in [0.15, 0.2) is 24.3 Å². The SMILES string of the molecule is COc1cc(CCC(=O)N2CCC=CC2=O)cc(O)c1OC. The van der Waals surface area contributed by atoms with Gasteiger partial charge in [0.25, 0.3) is 5.91 Å². The largest absolute Gasteiger partial charge is 0.504 e. The quantitative estimate of drug-likeness (QED) is 0.895. The number of carbonyl (C=O) groups is 2. The Bertz CT molecular complexity index is 609. The molecule has 1 aromatic carbocycles. The molecule has 0 saturated carbocycles. The smallest absolute Gasteiger partial charge is 0.252 e. The average Bonchev–Trinajstić information content (AvgIpc) is 2.52. The molecule has 22 heavy (non-hydrogen) atoms. The predicted molar refractivity (Wildman–Crippen MR) is 80.0 cm³/mol. The number of amides is 2. The van der Waals surface area contributed by atoms with Gasteiger partial charge in [0.05, 0.1) is 14.2 Å². The molecule has 1 aliphatic heterocycles. The fourth-order valence-electron chi connectivity index (χ4n) is 2.37. The number of phenols is 1. The van der Waals surface area contributed by atoms with E-state index in [2.05, 4.69) is 0 Å². The number of aryl methyl sites for hydroxylation is 1. The number of phenolic OH excluding ortho intramolecular Hbond substituents is 1. The van der Waals surface area contributed by atoms with E-state index in [4.69, 9.17) is 9.47 Å². The number of aromatic hydroxyl groups is 1. The number of hydrogen-bond acceptors (Lipinski definition) is 5. The van der Waals surface area contributed by atoms with Crippen LogP contribution in [-0.4, -0.2) is 42.6 Å². The fraction of sp³-hybridized carbons (Fsp3) is 0.375. The maximum atomic E-state index is 12.1. The van der Waals surface area contributed by atoms with Crippen molar-refractivity contribution in [3.05, 3.63) is 29.8 Å². The minimum Gasteiger partial charge on any atom is -0.504 e. The van der Waals surface area contributed by atoms with Gasteiger partial charge in [-0.3, -0.25) is 14.5 Å². The van der Waals surface area contributed by atoms with Crippen LogP contribution in [0.3, 0.4) is 0 Å². The monoisotopic (exact) mass is 305 g/mol. The molecule has 0 atom stereocenters. The highest BCUT2D eigenvalue weighted by molar-refractivity contribution is 6.01. The summed E-state index contributed by atoms with van der Waals surface area (Å²) in [6.45, 7) is 0.422. The van der Waals surface area contributed by atoms with Crippen molar-refractivity contribution in [3.63, 3.8) is 0 Å². The molecule has 0 bridgehead atoms. The van der Waals surface area contributed by atoms with E-state index >= 15 is 0 Å². The number of methoxy groups -OCH3 is 2. The molecule has 0 unspecified atom stereocenters. The van der Waals surface area contributed by atoms with Crippen LogP contribution in [0.2, 0.25) is 0 Å². The Balaban J connectivity index is 2.05. The minimum atomic E-state index is -0.272. The van der Waals surface area contributed by atoms with Crippen molar-refractivity contribution in [2.24, 2.45) is 0 Å². The third-order valence-corrected chi connectivity index (χ3v) is 3.49. The summed E-state index contributed by atoms with van der Waals surface area (Å²) in [5.41, 5.74) is 0.739. The molecule has 1 aromatic rings. The zero-order chi connectivity index (χ0) is 16.1. The van der Waals surface area contributed by atoms with E-state index in [0.29, 0.717) is 25.1 Å². The van der Waals surface area contributed by atoms with Crippen LogP contribution in [0.1, 0.15) is 18.4 Å². The predicted octanol–water partition coefficient (Wildman–Crippen LogP) is 1.66. The Morgan fingerprint density at radius 2 is 2.09 bits per heavy atom. The first-order chi connectivity index (χ1) is 10.6. The highest BCUT2D eigenvalue weighted by Crippen LogP contribution is 2.37. The molecule has 1 heterocycles. The molecule has 118 valence electrons. The molecule has 6 heteroatoms. The van der Waals surface area contributed by atoms with Crippen molar-refractivity contribution in [3.8, 4) is 17.2 Å². The molecule has 0 aromatic heterocycles. The lowest BCUT2D eigenvalue weighted by Crippen LogP contribution is -2.38. The summed E-state index contributed by atoms with van der Waals surface area (Å²) in [7, 11) is 2.92. The zero-order valence-electron chi connectivity index (χ0n) is 12.7. The van der Waals surface area contributed by atoms with Crippen LogP contribution in [0.4, 0.5) is 0 Å². The van der Waals surface area contributed by atoms with Crippen LogP contribution in [0, 0.1) is 0 Å². The summed E-state index contributed by atoms with van der Waals surface area (Å²) >= 11 is 0. The summed E-state index contributed by atoms with van der Waals surface area (Å²) in [5, 5.41) is 9.90. The molecule has 0 fully saturated rings. The molecular formula is C16H19NO5. The van der Waals surface area contributed by atoms with E-state index in [1.165, 1.54) is 31.3 Å². The molecule has 2 amide bonds. The molecule has 0 aliphatic carbocycles. The molecule has 0 radical (unpaired) electrons. The van der Waals surface area contributed by atoms with Crippen LogP contribution < -0.4 is 9.47 Å². The van der Waals surface area contributed by atoms with Crippen LogP contribution in [0.5, 0.6) is 17.2 Å². The second-order valence-corrected chi connectivity index (χ2v) is 4.93. The number of carbonyl (C=O) groups excluding carboxylic acids is 2. The second-order valence-electron chi connectivity index (χ2n) is 4.93. The maximum absolute atomic E-state index is 12.1. The number of imide groups is 1. The summed E-state index contributed by atoms with van der Waals surface area (Å²) in [4.78, 5) is 25.0. The Morgan fingerprint density at radius 3 is 2.73 bits per heavy atom. The second kappa shape index (κ2) is 6.98. The van der Waals surface area contributed by atoms with E-state index in [9.17, 15) is 14.7 Å². The van der Waals surface area contributed by atoms with Crippen molar-refractivity contribution in [1.29, 1.82) is 0 Å². The van der Waals surface area contributed by atoms with Gasteiger partial charge in [-0.2, -0.15) is 0 Å². The van der Waals surface area contributed by atoms with Crippen molar-refractivity contribution in [2.45, 2.75) is 19.3 Å². The number of nitrogens with zero attached hydrogens (tertiary/aromatic N) is 1. The molecule has 6 nitrogen and oxygen atoms in total. The topological polar surface area (TPSA) is 76.1 Å². The van der Waals surface area contributed by atoms with E-state index in [1.807, 2.05) is 0 Å². The lowest BCUT2D eigenvalue weighted by Gasteiger charge is -2.21. The molecule has 0 saturated heterocycles. The Morgan fingerprint density at radius 1 is 1.32 bits per heavy atom. The van der Waals surface area contributed by atoms with Crippen LogP contribution in [-0.2, 0) is 16.0 Å². The summed E-state index contributed by atoms with van der Waals surface area (Å²) in [6.07, 6.45) is 4.46. The average molecular weight is 305 g/mol. The van der Waals surface area contributed by atoms with Gasteiger partial charge in [-0.25, -0.2) is 0 Å². The third-order valence-electron chi connectivity index (χ3n) is 3.49. The van der Waals surface area contributed by atoms with Gasteiger partial charge < -0.3 is 14.6 Å². The van der Waals surface area contributed by atoms with E-state index in [0.717, 1.165) is 5.56 Å². The van der Waals surface area contributed by atoms with Gasteiger partial charge >= 0.3 is 0 Å². The first-order valence-corrected chi connectivity index (χ1v) is 7.01. The zero-order valence-corrected chi connectivity index (χ0v) is 12.7. The highest BCUT2D eigenvalue weighted by Gasteiger charge is 2.21. The van der Waals surface area contributed by atoms with Gasteiger partial charge in [-0.1, -0.05) is 6.08 Å². The number of ether oxygens (including phenoxy) is 2. The van der Waals surface area contributed by atoms with Crippen molar-refractivity contribution >= 4 is 11.8 Å². The third kappa shape index (κ3) is 3.39. The number of hydrogen-bond donors (Lipinski definition) is 1. The van der Waals surface area contributed by atoms with Gasteiger partial charge in [0.1, 0.15) is 0 Å². The fourth-order valence-corrected chi connectivity index (χ4v) is 2.37. The van der Waals surface area contributed by atoms with Crippen molar-refractivity contribution < 1.29 is 24.2 Å². The van der Waals surface area contributed by atoms with E-state index < -0.39 is 0 Å². The van der Waals surface area contributed by atoms with Gasteiger partial charge in [-0.15, -0.1) is 0 Å². The van der Waals surface area contributed by atoms with Crippen LogP contribution >= 0.6 is 0 Å². The first-order valence-electron chi connectivity index (χ1n) is 7.01. The Hall–Kier alpha value is -2.50. The Kier molecular flexibility index (Phi) is 5.04. The first kappa shape index (κ1) is 15.9. The highest BCUT2D eigenvalue weighted by atomic mass is 16.5. The summed E-state index contributed by atoms with van der Waals surface area (Å²) in [6, 6.07) is 3.25. The molecule has 1 aliphatic rings. The van der Waals surface area contributed by atoms with Gasteiger partial charge in [0, 0.05) is 13.0 Å². The molecule has 0 spiro atoms. The van der Waals surface area contributed by atoms with Crippen molar-refractivity contribution in [2.75, 3.05) is 20.8 Å². The number of benzene rings is 1. The van der Waals surface area contributed by atoms with Gasteiger partial charge in [0.2, 0.25) is 11.7 Å². The molecule has 2 rings (SSSR count). The van der Waals surface area contributed by atoms with E-state index in [1.54, 1.807) is 12.1 Å². The maximum Gasteiger partial charge on any atom is 0.252 e. The number of rotatable bonds is 5. The summed E-state index contributed by atoms with van der Waals surface area (Å²) in [5.74, 6) is 0.132.